The molecule has 0 radical (unpaired) electrons. The Morgan fingerprint density at radius 1 is 1.26 bits per heavy atom. The quantitative estimate of drug-likeness (QED) is 0.394. The van der Waals surface area contributed by atoms with E-state index in [0.717, 1.165) is 6.07 Å². The van der Waals surface area contributed by atoms with Crippen LogP contribution >= 0.6 is 0 Å². The van der Waals surface area contributed by atoms with Crippen molar-refractivity contribution in [2.75, 3.05) is 18.5 Å². The van der Waals surface area contributed by atoms with Crippen molar-refractivity contribution in [3.05, 3.63) is 65.7 Å². The molecule has 1 N–H and O–H groups in total. The van der Waals surface area contributed by atoms with E-state index in [1.54, 1.807) is 26.0 Å². The SMILES string of the molecule is Cc1c(OC[C@H]2COC(C)(C)O2)cc(NC(=O)c2cnc3cccnn23)c(C(F)(F)F)c1-c1cccnn1. The first-order valence-electron chi connectivity index (χ1n) is 11.6. The minimum Gasteiger partial charge on any atom is -0.490 e. The number of fused-ring (bicyclic) bond motifs is 1. The minimum absolute atomic E-state index is 0.0140. The average Bonchev–Trinajstić information content (AvgIpc) is 3.46. The summed E-state index contributed by atoms with van der Waals surface area (Å²) in [4.78, 5) is 17.2. The first-order chi connectivity index (χ1) is 18.0. The first-order valence-corrected chi connectivity index (χ1v) is 11.6. The number of anilines is 1. The van der Waals surface area contributed by atoms with Gasteiger partial charge in [0.05, 0.1) is 29.7 Å². The summed E-state index contributed by atoms with van der Waals surface area (Å²) in [5.41, 5.74) is -1.40. The molecule has 1 aliphatic heterocycles. The van der Waals surface area contributed by atoms with Crippen LogP contribution in [0.15, 0.2) is 48.9 Å². The number of rotatable bonds is 6. The summed E-state index contributed by atoms with van der Waals surface area (Å²) < 4.78 is 62.1. The second-order valence-corrected chi connectivity index (χ2v) is 9.06. The molecule has 1 aromatic carbocycles. The van der Waals surface area contributed by atoms with Crippen LogP contribution in [0.2, 0.25) is 0 Å². The van der Waals surface area contributed by atoms with Crippen molar-refractivity contribution in [2.45, 2.75) is 38.8 Å². The zero-order valence-electron chi connectivity index (χ0n) is 20.6. The number of aromatic nitrogens is 5. The number of benzene rings is 1. The lowest BCUT2D eigenvalue weighted by Gasteiger charge is -2.23. The van der Waals surface area contributed by atoms with Crippen molar-refractivity contribution in [3.8, 4) is 17.0 Å². The van der Waals surface area contributed by atoms with Gasteiger partial charge in [-0.05, 0) is 45.0 Å². The van der Waals surface area contributed by atoms with Crippen LogP contribution in [0.5, 0.6) is 5.75 Å². The molecule has 1 amide bonds. The van der Waals surface area contributed by atoms with E-state index in [2.05, 4.69) is 25.6 Å². The van der Waals surface area contributed by atoms with Crippen LogP contribution < -0.4 is 10.1 Å². The Morgan fingerprint density at radius 3 is 2.74 bits per heavy atom. The highest BCUT2D eigenvalue weighted by Crippen LogP contribution is 2.46. The predicted octanol–water partition coefficient (Wildman–Crippen LogP) is 4.30. The standard InChI is InChI=1S/C25H23F3N6O4/c1-14-19(36-12-15-13-37-24(2,3)38-15)10-17(22(25(26,27)28)21(14)16-6-4-8-30-33-16)32-23(35)18-11-29-20-7-5-9-31-34(18)20/h4-11,15H,12-13H2,1-3H3,(H,32,35)/t15-/m0/s1. The Hall–Kier alpha value is -4.10. The van der Waals surface area contributed by atoms with Gasteiger partial charge in [-0.25, -0.2) is 9.50 Å². The Labute approximate surface area is 214 Å². The molecular weight excluding hydrogens is 505 g/mol. The fraction of sp³-hybridized carbons (Fsp3) is 0.320. The van der Waals surface area contributed by atoms with Crippen molar-refractivity contribution in [1.29, 1.82) is 0 Å². The van der Waals surface area contributed by atoms with Gasteiger partial charge < -0.3 is 19.5 Å². The molecule has 198 valence electrons. The van der Waals surface area contributed by atoms with Crippen molar-refractivity contribution in [1.82, 2.24) is 24.8 Å². The third kappa shape index (κ3) is 5.02. The Bertz CT molecular complexity index is 1490. The topological polar surface area (TPSA) is 113 Å². The van der Waals surface area contributed by atoms with Crippen LogP contribution in [0.1, 0.15) is 35.5 Å². The molecule has 13 heteroatoms. The molecule has 1 saturated heterocycles. The zero-order valence-corrected chi connectivity index (χ0v) is 20.6. The second-order valence-electron chi connectivity index (χ2n) is 9.06. The van der Waals surface area contributed by atoms with E-state index < -0.39 is 35.2 Å². The second kappa shape index (κ2) is 9.65. The van der Waals surface area contributed by atoms with E-state index in [4.69, 9.17) is 14.2 Å². The lowest BCUT2D eigenvalue weighted by molar-refractivity contribution is -0.141. The van der Waals surface area contributed by atoms with E-state index in [9.17, 15) is 18.0 Å². The molecule has 4 heterocycles. The van der Waals surface area contributed by atoms with Gasteiger partial charge in [-0.15, -0.1) is 0 Å². The summed E-state index contributed by atoms with van der Waals surface area (Å²) in [5, 5.41) is 14.1. The molecule has 10 nitrogen and oxygen atoms in total. The van der Waals surface area contributed by atoms with Gasteiger partial charge >= 0.3 is 6.18 Å². The molecule has 0 unspecified atom stereocenters. The molecule has 4 aromatic rings. The van der Waals surface area contributed by atoms with Crippen LogP contribution in [-0.4, -0.2) is 55.8 Å². The molecule has 1 aliphatic rings. The zero-order chi connectivity index (χ0) is 27.1. The number of nitrogens with zero attached hydrogens (tertiary/aromatic N) is 5. The molecule has 3 aromatic heterocycles. The third-order valence-corrected chi connectivity index (χ3v) is 5.90. The van der Waals surface area contributed by atoms with Crippen LogP contribution in [0.4, 0.5) is 18.9 Å². The summed E-state index contributed by atoms with van der Waals surface area (Å²) in [6.07, 6.45) is -1.27. The molecule has 0 saturated carbocycles. The lowest BCUT2D eigenvalue weighted by Crippen LogP contribution is -2.25. The number of nitrogens with one attached hydrogen (secondary N) is 1. The molecular formula is C25H23F3N6O4. The highest BCUT2D eigenvalue weighted by molar-refractivity contribution is 6.04. The smallest absolute Gasteiger partial charge is 0.419 e. The number of carbonyl (C=O) groups excluding carboxylic acids is 1. The fourth-order valence-electron chi connectivity index (χ4n) is 4.25. The normalized spacial score (nSPS) is 17.1. The molecule has 0 aliphatic carbocycles. The molecule has 5 rings (SSSR count). The van der Waals surface area contributed by atoms with E-state index in [-0.39, 0.29) is 41.5 Å². The van der Waals surface area contributed by atoms with Crippen molar-refractivity contribution < 1.29 is 32.2 Å². The van der Waals surface area contributed by atoms with E-state index in [0.29, 0.717) is 5.65 Å². The van der Waals surface area contributed by atoms with Crippen molar-refractivity contribution >= 4 is 17.2 Å². The molecule has 1 atom stereocenters. The van der Waals surface area contributed by atoms with Gasteiger partial charge in [0.2, 0.25) is 0 Å². The van der Waals surface area contributed by atoms with Gasteiger partial charge in [0.15, 0.2) is 17.1 Å². The van der Waals surface area contributed by atoms with Crippen LogP contribution in [-0.2, 0) is 15.7 Å². The van der Waals surface area contributed by atoms with Gasteiger partial charge in [0.25, 0.3) is 5.91 Å². The molecule has 1 fully saturated rings. The number of hydrogen-bond donors (Lipinski definition) is 1. The summed E-state index contributed by atoms with van der Waals surface area (Å²) in [6, 6.07) is 7.27. The van der Waals surface area contributed by atoms with Gasteiger partial charge in [-0.3, -0.25) is 4.79 Å². The van der Waals surface area contributed by atoms with Gasteiger partial charge in [-0.2, -0.15) is 28.5 Å². The average molecular weight is 528 g/mol. The van der Waals surface area contributed by atoms with Gasteiger partial charge in [0, 0.05) is 29.6 Å². The first kappa shape index (κ1) is 25.5. The predicted molar refractivity (Wildman–Crippen MR) is 129 cm³/mol. The summed E-state index contributed by atoms with van der Waals surface area (Å²) >= 11 is 0. The Kier molecular flexibility index (Phi) is 6.49. The number of imidazole rings is 1. The highest BCUT2D eigenvalue weighted by atomic mass is 19.4. The molecule has 0 spiro atoms. The lowest BCUT2D eigenvalue weighted by atomic mass is 9.95. The van der Waals surface area contributed by atoms with Gasteiger partial charge in [0.1, 0.15) is 18.5 Å². The number of alkyl halides is 3. The maximum atomic E-state index is 14.6. The maximum Gasteiger partial charge on any atom is 0.419 e. The van der Waals surface area contributed by atoms with Crippen molar-refractivity contribution in [2.24, 2.45) is 0 Å². The highest BCUT2D eigenvalue weighted by Gasteiger charge is 2.40. The van der Waals surface area contributed by atoms with E-state index in [1.165, 1.54) is 42.2 Å². The van der Waals surface area contributed by atoms with Crippen LogP contribution in [0.3, 0.4) is 0 Å². The molecule has 38 heavy (non-hydrogen) atoms. The van der Waals surface area contributed by atoms with Crippen LogP contribution in [0.25, 0.3) is 16.9 Å². The van der Waals surface area contributed by atoms with E-state index >= 15 is 0 Å². The number of carbonyl (C=O) groups is 1. The molecule has 0 bridgehead atoms. The number of amides is 1. The Morgan fingerprint density at radius 2 is 2.05 bits per heavy atom. The number of halogens is 3. The maximum absolute atomic E-state index is 14.6. The van der Waals surface area contributed by atoms with Gasteiger partial charge in [-0.1, -0.05) is 0 Å². The minimum atomic E-state index is -4.86. The third-order valence-electron chi connectivity index (χ3n) is 5.90. The number of hydrogen-bond acceptors (Lipinski definition) is 8. The summed E-state index contributed by atoms with van der Waals surface area (Å²) in [5.74, 6) is -1.52. The van der Waals surface area contributed by atoms with Crippen molar-refractivity contribution in [3.63, 3.8) is 0 Å². The fourth-order valence-corrected chi connectivity index (χ4v) is 4.25. The summed E-state index contributed by atoms with van der Waals surface area (Å²) in [7, 11) is 0. The van der Waals surface area contributed by atoms with Crippen LogP contribution in [0, 0.1) is 6.92 Å². The summed E-state index contributed by atoms with van der Waals surface area (Å²) in [6.45, 7) is 5.27. The Balaban J connectivity index is 1.59. The monoisotopic (exact) mass is 528 g/mol. The number of ether oxygens (including phenoxy) is 3. The largest absolute Gasteiger partial charge is 0.490 e. The van der Waals surface area contributed by atoms with E-state index in [1.807, 2.05) is 0 Å².